The van der Waals surface area contributed by atoms with E-state index in [9.17, 15) is 4.79 Å². The standard InChI is InChI=1S/C14H10IN3O/c15-8-5-6-10-9-3-1-2-4-11(9)13(12(10)7-8)17-18-14(16)19/h1-7H,(H3,16,18,19)/b17-13-. The highest BCUT2D eigenvalue weighted by Gasteiger charge is 2.24. The number of carbonyl (C=O) groups is 1. The number of fused-ring (bicyclic) bond motifs is 3. The van der Waals surface area contributed by atoms with Crippen LogP contribution in [0.15, 0.2) is 47.6 Å². The second kappa shape index (κ2) is 4.65. The van der Waals surface area contributed by atoms with E-state index in [0.717, 1.165) is 31.5 Å². The van der Waals surface area contributed by atoms with Crippen LogP contribution in [0.3, 0.4) is 0 Å². The van der Waals surface area contributed by atoms with E-state index >= 15 is 0 Å². The van der Waals surface area contributed by atoms with Crippen LogP contribution in [-0.4, -0.2) is 11.7 Å². The molecule has 0 unspecified atom stereocenters. The fourth-order valence-electron chi connectivity index (χ4n) is 2.25. The van der Waals surface area contributed by atoms with Crippen molar-refractivity contribution in [2.75, 3.05) is 0 Å². The summed E-state index contributed by atoms with van der Waals surface area (Å²) in [5.41, 5.74) is 12.4. The average Bonchev–Trinajstić information content (AvgIpc) is 2.69. The Balaban J connectivity index is 2.22. The number of primary amides is 1. The van der Waals surface area contributed by atoms with Gasteiger partial charge in [0.25, 0.3) is 0 Å². The Morgan fingerprint density at radius 1 is 1.05 bits per heavy atom. The molecular formula is C14H10IN3O. The molecule has 1 aliphatic carbocycles. The molecule has 0 saturated heterocycles. The molecule has 0 saturated carbocycles. The van der Waals surface area contributed by atoms with Gasteiger partial charge in [-0.3, -0.25) is 0 Å². The lowest BCUT2D eigenvalue weighted by molar-refractivity contribution is 0.249. The molecule has 4 nitrogen and oxygen atoms in total. The number of urea groups is 1. The molecule has 2 aromatic rings. The van der Waals surface area contributed by atoms with Gasteiger partial charge >= 0.3 is 6.03 Å². The third kappa shape index (κ3) is 2.10. The normalized spacial score (nSPS) is 14.1. The Hall–Kier alpha value is -1.89. The molecule has 2 aromatic carbocycles. The molecule has 94 valence electrons. The number of nitrogens with one attached hydrogen (secondary N) is 1. The molecule has 0 spiro atoms. The van der Waals surface area contributed by atoms with Crippen LogP contribution >= 0.6 is 22.6 Å². The van der Waals surface area contributed by atoms with Crippen LogP contribution in [0.25, 0.3) is 11.1 Å². The van der Waals surface area contributed by atoms with Crippen LogP contribution in [0.5, 0.6) is 0 Å². The Labute approximate surface area is 123 Å². The lowest BCUT2D eigenvalue weighted by Gasteiger charge is -2.02. The second-order valence-electron chi connectivity index (χ2n) is 4.17. The lowest BCUT2D eigenvalue weighted by Crippen LogP contribution is -2.25. The first-order valence-electron chi connectivity index (χ1n) is 5.69. The van der Waals surface area contributed by atoms with Crippen molar-refractivity contribution in [2.24, 2.45) is 10.8 Å². The van der Waals surface area contributed by atoms with Crippen LogP contribution in [0.1, 0.15) is 11.1 Å². The van der Waals surface area contributed by atoms with Crippen molar-refractivity contribution in [3.05, 3.63) is 57.2 Å². The maximum Gasteiger partial charge on any atom is 0.332 e. The van der Waals surface area contributed by atoms with Crippen molar-refractivity contribution in [3.63, 3.8) is 0 Å². The number of benzene rings is 2. The summed E-state index contributed by atoms with van der Waals surface area (Å²) in [5, 5.41) is 4.14. The fraction of sp³-hybridized carbons (Fsp3) is 0. The Morgan fingerprint density at radius 2 is 1.74 bits per heavy atom. The van der Waals surface area contributed by atoms with Gasteiger partial charge in [0.15, 0.2) is 0 Å². The van der Waals surface area contributed by atoms with Crippen molar-refractivity contribution in [3.8, 4) is 11.1 Å². The maximum atomic E-state index is 10.8. The highest BCUT2D eigenvalue weighted by molar-refractivity contribution is 14.1. The zero-order valence-corrected chi connectivity index (χ0v) is 12.0. The van der Waals surface area contributed by atoms with Gasteiger partial charge in [-0.05, 0) is 45.9 Å². The van der Waals surface area contributed by atoms with Gasteiger partial charge in [-0.25, -0.2) is 10.2 Å². The maximum absolute atomic E-state index is 10.8. The van der Waals surface area contributed by atoms with Crippen molar-refractivity contribution < 1.29 is 4.79 Å². The van der Waals surface area contributed by atoms with Gasteiger partial charge in [-0.15, -0.1) is 0 Å². The third-order valence-corrected chi connectivity index (χ3v) is 3.66. The van der Waals surface area contributed by atoms with E-state index < -0.39 is 6.03 Å². The predicted octanol–water partition coefficient (Wildman–Crippen LogP) is 2.69. The van der Waals surface area contributed by atoms with Crippen LogP contribution < -0.4 is 11.2 Å². The number of hydrogen-bond acceptors (Lipinski definition) is 2. The molecule has 3 N–H and O–H groups in total. The second-order valence-corrected chi connectivity index (χ2v) is 5.42. The van der Waals surface area contributed by atoms with Gasteiger partial charge < -0.3 is 5.73 Å². The highest BCUT2D eigenvalue weighted by atomic mass is 127. The summed E-state index contributed by atoms with van der Waals surface area (Å²) in [6, 6.07) is 13.5. The molecule has 0 aromatic heterocycles. The van der Waals surface area contributed by atoms with E-state index in [1.54, 1.807) is 0 Å². The minimum absolute atomic E-state index is 0.663. The number of nitrogens with two attached hydrogens (primary N) is 1. The molecule has 0 fully saturated rings. The van der Waals surface area contributed by atoms with E-state index in [1.165, 1.54) is 0 Å². The lowest BCUT2D eigenvalue weighted by atomic mass is 10.1. The van der Waals surface area contributed by atoms with Gasteiger partial charge in [0.05, 0.1) is 5.71 Å². The number of carbonyl (C=O) groups excluding carboxylic acids is 1. The van der Waals surface area contributed by atoms with Crippen LogP contribution in [0, 0.1) is 3.57 Å². The van der Waals surface area contributed by atoms with Gasteiger partial charge in [0, 0.05) is 14.7 Å². The summed E-state index contributed by atoms with van der Waals surface area (Å²) in [6.07, 6.45) is 0. The molecule has 19 heavy (non-hydrogen) atoms. The highest BCUT2D eigenvalue weighted by Crippen LogP contribution is 2.37. The molecule has 5 heteroatoms. The third-order valence-electron chi connectivity index (χ3n) is 2.99. The number of halogens is 1. The predicted molar refractivity (Wildman–Crippen MR) is 83.0 cm³/mol. The summed E-state index contributed by atoms with van der Waals surface area (Å²) in [4.78, 5) is 10.8. The summed E-state index contributed by atoms with van der Waals surface area (Å²) in [6.45, 7) is 0. The SMILES string of the molecule is NC(=O)N/N=C1/c2ccccc2-c2ccc(I)cc21. The summed E-state index contributed by atoms with van der Waals surface area (Å²) in [7, 11) is 0. The van der Waals surface area contributed by atoms with Crippen molar-refractivity contribution in [1.29, 1.82) is 0 Å². The Bertz CT molecular complexity index is 710. The van der Waals surface area contributed by atoms with Crippen LogP contribution in [0.4, 0.5) is 4.79 Å². The zero-order chi connectivity index (χ0) is 13.4. The first kappa shape index (κ1) is 12.2. The van der Waals surface area contributed by atoms with Crippen molar-refractivity contribution in [1.82, 2.24) is 5.43 Å². The minimum Gasteiger partial charge on any atom is -0.350 e. The fourth-order valence-corrected chi connectivity index (χ4v) is 2.74. The number of hydrogen-bond donors (Lipinski definition) is 2. The molecule has 0 bridgehead atoms. The zero-order valence-electron chi connectivity index (χ0n) is 9.85. The summed E-state index contributed by atoms with van der Waals surface area (Å²) < 4.78 is 1.12. The molecule has 0 aliphatic heterocycles. The molecule has 3 rings (SSSR count). The van der Waals surface area contributed by atoms with E-state index in [-0.39, 0.29) is 0 Å². The Kier molecular flexibility index (Phi) is 2.98. The number of nitrogens with zero attached hydrogens (tertiary/aromatic N) is 1. The first-order valence-corrected chi connectivity index (χ1v) is 6.77. The minimum atomic E-state index is -0.663. The molecule has 0 heterocycles. The summed E-state index contributed by atoms with van der Waals surface area (Å²) in [5.74, 6) is 0. The van der Waals surface area contributed by atoms with Crippen LogP contribution in [0.2, 0.25) is 0 Å². The first-order chi connectivity index (χ1) is 9.16. The van der Waals surface area contributed by atoms with E-state index in [2.05, 4.69) is 51.3 Å². The smallest absolute Gasteiger partial charge is 0.332 e. The van der Waals surface area contributed by atoms with Gasteiger partial charge in [0.1, 0.15) is 0 Å². The van der Waals surface area contributed by atoms with Crippen LogP contribution in [-0.2, 0) is 0 Å². The van der Waals surface area contributed by atoms with E-state index in [0.29, 0.717) is 0 Å². The average molecular weight is 363 g/mol. The Morgan fingerprint density at radius 3 is 2.47 bits per heavy atom. The van der Waals surface area contributed by atoms with E-state index in [4.69, 9.17) is 5.73 Å². The molecule has 0 atom stereocenters. The molecule has 1 aliphatic rings. The van der Waals surface area contributed by atoms with E-state index in [1.807, 2.05) is 24.3 Å². The number of hydrazone groups is 1. The van der Waals surface area contributed by atoms with Crippen molar-refractivity contribution >= 4 is 34.3 Å². The van der Waals surface area contributed by atoms with Gasteiger partial charge in [-0.2, -0.15) is 5.10 Å². The monoisotopic (exact) mass is 363 g/mol. The van der Waals surface area contributed by atoms with Crippen molar-refractivity contribution in [2.45, 2.75) is 0 Å². The quantitative estimate of drug-likeness (QED) is 0.507. The molecular weight excluding hydrogens is 353 g/mol. The number of amides is 2. The molecule has 2 amide bonds. The summed E-state index contributed by atoms with van der Waals surface area (Å²) >= 11 is 2.26. The largest absolute Gasteiger partial charge is 0.350 e. The van der Waals surface area contributed by atoms with Gasteiger partial charge in [0.2, 0.25) is 0 Å². The number of rotatable bonds is 1. The topological polar surface area (TPSA) is 67.5 Å². The molecule has 0 radical (unpaired) electrons. The van der Waals surface area contributed by atoms with Gasteiger partial charge in [-0.1, -0.05) is 30.3 Å².